The van der Waals surface area contributed by atoms with Gasteiger partial charge < -0.3 is 10.2 Å². The Balaban J connectivity index is 1.73. The molecule has 1 heterocycles. The molecule has 1 aliphatic heterocycles. The second kappa shape index (κ2) is 5.92. The van der Waals surface area contributed by atoms with Gasteiger partial charge in [-0.3, -0.25) is 4.79 Å². The minimum Gasteiger partial charge on any atom is -0.337 e. The maximum absolute atomic E-state index is 13.8. The third-order valence-corrected chi connectivity index (χ3v) is 4.17. The number of carbonyl (C=O) groups excluding carboxylic acids is 1. The summed E-state index contributed by atoms with van der Waals surface area (Å²) in [4.78, 5) is 14.4. The number of halogens is 1. The summed E-state index contributed by atoms with van der Waals surface area (Å²) in [6.45, 7) is 2.49. The van der Waals surface area contributed by atoms with E-state index in [4.69, 9.17) is 0 Å². The monoisotopic (exact) mass is 276 g/mol. The van der Waals surface area contributed by atoms with Crippen LogP contribution in [0.5, 0.6) is 0 Å². The van der Waals surface area contributed by atoms with E-state index in [1.165, 1.54) is 18.9 Å². The summed E-state index contributed by atoms with van der Waals surface area (Å²) in [6, 6.07) is 6.65. The van der Waals surface area contributed by atoms with Gasteiger partial charge in [-0.2, -0.15) is 0 Å². The van der Waals surface area contributed by atoms with Crippen molar-refractivity contribution in [3.8, 4) is 0 Å². The fourth-order valence-electron chi connectivity index (χ4n) is 2.84. The average Bonchev–Trinajstić information content (AvgIpc) is 3.11. The summed E-state index contributed by atoms with van der Waals surface area (Å²) in [5.41, 5.74) is 0.200. The zero-order valence-corrected chi connectivity index (χ0v) is 11.6. The third kappa shape index (κ3) is 3.18. The highest BCUT2D eigenvalue weighted by molar-refractivity contribution is 5.94. The lowest BCUT2D eigenvalue weighted by molar-refractivity contribution is 0.0729. The molecule has 0 aromatic heterocycles. The molecule has 2 aliphatic rings. The topological polar surface area (TPSA) is 32.3 Å². The van der Waals surface area contributed by atoms with Crippen LogP contribution in [0.2, 0.25) is 0 Å². The highest BCUT2D eigenvalue weighted by Gasteiger charge is 2.30. The van der Waals surface area contributed by atoms with Gasteiger partial charge in [-0.15, -0.1) is 0 Å². The van der Waals surface area contributed by atoms with Crippen LogP contribution in [0.15, 0.2) is 24.3 Å². The minimum absolute atomic E-state index is 0.163. The van der Waals surface area contributed by atoms with Crippen molar-refractivity contribution >= 4 is 5.91 Å². The Hall–Kier alpha value is -1.42. The van der Waals surface area contributed by atoms with Gasteiger partial charge in [0.2, 0.25) is 0 Å². The molecule has 2 fully saturated rings. The van der Waals surface area contributed by atoms with Crippen molar-refractivity contribution in [2.45, 2.75) is 31.7 Å². The number of amides is 1. The van der Waals surface area contributed by atoms with Gasteiger partial charge in [0.15, 0.2) is 0 Å². The van der Waals surface area contributed by atoms with E-state index in [1.807, 2.05) is 4.90 Å². The second-order valence-corrected chi connectivity index (χ2v) is 5.93. The fourth-order valence-corrected chi connectivity index (χ4v) is 2.84. The Labute approximate surface area is 119 Å². The van der Waals surface area contributed by atoms with Gasteiger partial charge in [-0.25, -0.2) is 4.39 Å². The molecule has 0 spiro atoms. The Morgan fingerprint density at radius 3 is 2.70 bits per heavy atom. The smallest absolute Gasteiger partial charge is 0.256 e. The minimum atomic E-state index is -0.419. The first-order chi connectivity index (χ1) is 9.74. The molecule has 1 atom stereocenters. The number of nitrogens with zero attached hydrogens (tertiary/aromatic N) is 1. The number of hydrogen-bond acceptors (Lipinski definition) is 2. The lowest BCUT2D eigenvalue weighted by Gasteiger charge is -2.26. The summed E-state index contributed by atoms with van der Waals surface area (Å²) >= 11 is 0. The lowest BCUT2D eigenvalue weighted by Crippen LogP contribution is -2.42. The normalized spacial score (nSPS) is 21.9. The lowest BCUT2D eigenvalue weighted by atomic mass is 10.1. The van der Waals surface area contributed by atoms with Crippen molar-refractivity contribution in [3.63, 3.8) is 0 Å². The van der Waals surface area contributed by atoms with Gasteiger partial charge in [0, 0.05) is 19.1 Å². The summed E-state index contributed by atoms with van der Waals surface area (Å²) < 4.78 is 13.8. The predicted molar refractivity (Wildman–Crippen MR) is 76.1 cm³/mol. The van der Waals surface area contributed by atoms with Crippen molar-refractivity contribution in [1.82, 2.24) is 10.2 Å². The molecule has 1 unspecified atom stereocenters. The molecule has 1 N–H and O–H groups in total. The van der Waals surface area contributed by atoms with E-state index in [-0.39, 0.29) is 11.5 Å². The molecule has 3 rings (SSSR count). The molecule has 4 heteroatoms. The van der Waals surface area contributed by atoms with Crippen LogP contribution in [0, 0.1) is 11.7 Å². The quantitative estimate of drug-likeness (QED) is 0.896. The molecule has 1 saturated heterocycles. The molecule has 1 saturated carbocycles. The Bertz CT molecular complexity index is 481. The molecule has 108 valence electrons. The van der Waals surface area contributed by atoms with E-state index in [9.17, 15) is 9.18 Å². The average molecular weight is 276 g/mol. The van der Waals surface area contributed by atoms with Crippen molar-refractivity contribution in [1.29, 1.82) is 0 Å². The third-order valence-electron chi connectivity index (χ3n) is 4.17. The van der Waals surface area contributed by atoms with Crippen LogP contribution in [0.4, 0.5) is 4.39 Å². The Kier molecular flexibility index (Phi) is 4.01. The zero-order chi connectivity index (χ0) is 13.9. The zero-order valence-electron chi connectivity index (χ0n) is 11.6. The van der Waals surface area contributed by atoms with E-state index < -0.39 is 5.82 Å². The molecule has 0 radical (unpaired) electrons. The van der Waals surface area contributed by atoms with E-state index in [0.29, 0.717) is 18.5 Å². The van der Waals surface area contributed by atoms with Gasteiger partial charge in [0.1, 0.15) is 5.82 Å². The first-order valence-corrected chi connectivity index (χ1v) is 7.51. The predicted octanol–water partition coefficient (Wildman–Crippen LogP) is 2.43. The highest BCUT2D eigenvalue weighted by atomic mass is 19.1. The van der Waals surface area contributed by atoms with Crippen LogP contribution in [0.1, 0.15) is 36.0 Å². The first-order valence-electron chi connectivity index (χ1n) is 7.51. The van der Waals surface area contributed by atoms with Crippen molar-refractivity contribution < 1.29 is 9.18 Å². The van der Waals surface area contributed by atoms with Gasteiger partial charge in [-0.05, 0) is 50.3 Å². The highest BCUT2D eigenvalue weighted by Crippen LogP contribution is 2.30. The van der Waals surface area contributed by atoms with Crippen LogP contribution in [0.25, 0.3) is 0 Å². The summed E-state index contributed by atoms with van der Waals surface area (Å²) in [5, 5.41) is 3.41. The van der Waals surface area contributed by atoms with Crippen LogP contribution in [-0.2, 0) is 0 Å². The number of nitrogens with one attached hydrogen (secondary N) is 1. The maximum atomic E-state index is 13.8. The number of carbonyl (C=O) groups is 1. The number of hydrogen-bond donors (Lipinski definition) is 1. The first kappa shape index (κ1) is 13.6. The van der Waals surface area contributed by atoms with Crippen molar-refractivity contribution in [2.24, 2.45) is 5.92 Å². The van der Waals surface area contributed by atoms with Crippen LogP contribution < -0.4 is 5.32 Å². The standard InChI is InChI=1S/C16H21FN2O/c17-15-6-2-1-5-14(15)16(20)19(10-12-7-8-12)11-13-4-3-9-18-13/h1-2,5-6,12-13,18H,3-4,7-11H2. The summed E-state index contributed by atoms with van der Waals surface area (Å²) in [6.07, 6.45) is 4.65. The SMILES string of the molecule is O=C(c1ccccc1F)N(CC1CC1)CC1CCCN1. The molecule has 20 heavy (non-hydrogen) atoms. The summed E-state index contributed by atoms with van der Waals surface area (Å²) in [5.74, 6) is 0.0357. The van der Waals surface area contributed by atoms with Crippen molar-refractivity contribution in [2.75, 3.05) is 19.6 Å². The van der Waals surface area contributed by atoms with Crippen LogP contribution in [-0.4, -0.2) is 36.5 Å². The molecule has 1 aromatic rings. The Morgan fingerprint density at radius 1 is 1.25 bits per heavy atom. The fraction of sp³-hybridized carbons (Fsp3) is 0.562. The van der Waals surface area contributed by atoms with E-state index in [2.05, 4.69) is 5.32 Å². The number of rotatable bonds is 5. The van der Waals surface area contributed by atoms with E-state index in [0.717, 1.165) is 25.9 Å². The maximum Gasteiger partial charge on any atom is 0.256 e. The van der Waals surface area contributed by atoms with Gasteiger partial charge >= 0.3 is 0 Å². The van der Waals surface area contributed by atoms with Gasteiger partial charge in [-0.1, -0.05) is 12.1 Å². The summed E-state index contributed by atoms with van der Waals surface area (Å²) in [7, 11) is 0. The molecule has 0 bridgehead atoms. The molecular formula is C16H21FN2O. The van der Waals surface area contributed by atoms with Gasteiger partial charge in [0.05, 0.1) is 5.56 Å². The molecule has 1 aliphatic carbocycles. The molecular weight excluding hydrogens is 255 g/mol. The van der Waals surface area contributed by atoms with E-state index in [1.54, 1.807) is 18.2 Å². The van der Waals surface area contributed by atoms with Crippen LogP contribution in [0.3, 0.4) is 0 Å². The molecule has 1 amide bonds. The van der Waals surface area contributed by atoms with Crippen LogP contribution >= 0.6 is 0 Å². The second-order valence-electron chi connectivity index (χ2n) is 5.93. The largest absolute Gasteiger partial charge is 0.337 e. The van der Waals surface area contributed by atoms with E-state index >= 15 is 0 Å². The van der Waals surface area contributed by atoms with Crippen molar-refractivity contribution in [3.05, 3.63) is 35.6 Å². The molecule has 3 nitrogen and oxygen atoms in total. The van der Waals surface area contributed by atoms with Gasteiger partial charge in [0.25, 0.3) is 5.91 Å². The Morgan fingerprint density at radius 2 is 2.05 bits per heavy atom. The molecule has 1 aromatic carbocycles. The number of benzene rings is 1.